The van der Waals surface area contributed by atoms with Crippen molar-refractivity contribution >= 4 is 77.0 Å². The van der Waals surface area contributed by atoms with E-state index in [1.54, 1.807) is 71.9 Å². The van der Waals surface area contributed by atoms with Crippen LogP contribution in [-0.4, -0.2) is 212 Å². The van der Waals surface area contributed by atoms with Gasteiger partial charge in [-0.2, -0.15) is 0 Å². The fourth-order valence-electron chi connectivity index (χ4n) is 9.92. The van der Waals surface area contributed by atoms with Gasteiger partial charge in [0.1, 0.15) is 66.5 Å². The first-order chi connectivity index (χ1) is 43.4. The maximum Gasteiger partial charge on any atom is 0.326 e. The molecule has 1 fully saturated rings. The molecule has 1 heterocycles. The fourth-order valence-corrected chi connectivity index (χ4v) is 9.92. The number of aliphatic hydroxyl groups is 3. The van der Waals surface area contributed by atoms with Crippen LogP contribution in [-0.2, 0) is 64.0 Å². The average Bonchev–Trinajstić information content (AvgIpc) is 2.45. The van der Waals surface area contributed by atoms with Crippen molar-refractivity contribution in [2.75, 3.05) is 26.2 Å². The van der Waals surface area contributed by atoms with Crippen LogP contribution in [0.4, 0.5) is 0 Å². The minimum atomic E-state index is -1.84. The SMILES string of the molecule is CCC(C)C(NC(=O)C(NC(=O)C(Cc1ccccc1)NC(=O)C(NC(=O)C(NC(=O)C(CCCCN)NC(=O)C(CCC(=O)O)NC(=O)C(NC(=O)C1CCCN1C(=O)C(CCCN=C(N)N)NC(=O)C(N)CO)C(C)O)C(C)O)C(C)CC)C(C)CC)C(=O)O. The largest absolute Gasteiger partial charge is 0.481 e. The molecule has 0 aromatic heterocycles. The molecule has 22 N–H and O–H groups in total. The van der Waals surface area contributed by atoms with Crippen LogP contribution in [0.15, 0.2) is 35.3 Å². The summed E-state index contributed by atoms with van der Waals surface area (Å²) >= 11 is 0. The summed E-state index contributed by atoms with van der Waals surface area (Å²) in [6.45, 7) is 12.0. The van der Waals surface area contributed by atoms with E-state index in [1.165, 1.54) is 6.92 Å². The highest BCUT2D eigenvalue weighted by Gasteiger charge is 2.42. The predicted octanol–water partition coefficient (Wildman–Crippen LogP) is -4.07. The third-order valence-corrected chi connectivity index (χ3v) is 16.2. The molecule has 0 radical (unpaired) electrons. The lowest BCUT2D eigenvalue weighted by Crippen LogP contribution is -2.63. The molecule has 16 atom stereocenters. The van der Waals surface area contributed by atoms with Gasteiger partial charge in [-0.15, -0.1) is 0 Å². The van der Waals surface area contributed by atoms with E-state index in [1.807, 2.05) is 0 Å². The number of carbonyl (C=O) groups is 12. The van der Waals surface area contributed by atoms with Crippen molar-refractivity contribution in [2.45, 2.75) is 218 Å². The van der Waals surface area contributed by atoms with Gasteiger partial charge < -0.3 is 101 Å². The Morgan fingerprint density at radius 1 is 0.565 bits per heavy atom. The molecule has 10 amide bonds. The summed E-state index contributed by atoms with van der Waals surface area (Å²) in [5, 5.41) is 73.7. The highest BCUT2D eigenvalue weighted by atomic mass is 16.4. The molecule has 1 aromatic rings. The van der Waals surface area contributed by atoms with Gasteiger partial charge in [0.05, 0.1) is 18.8 Å². The van der Waals surface area contributed by atoms with E-state index in [4.69, 9.17) is 22.9 Å². The van der Waals surface area contributed by atoms with Gasteiger partial charge in [0, 0.05) is 25.9 Å². The van der Waals surface area contributed by atoms with E-state index in [2.05, 4.69) is 52.8 Å². The molecule has 2 rings (SSSR count). The molecule has 1 aliphatic heterocycles. The maximum atomic E-state index is 14.5. The van der Waals surface area contributed by atoms with Gasteiger partial charge in [0.25, 0.3) is 0 Å². The number of aliphatic hydroxyl groups excluding tert-OH is 3. The Morgan fingerprint density at radius 2 is 1.01 bits per heavy atom. The van der Waals surface area contributed by atoms with Crippen LogP contribution in [0, 0.1) is 17.8 Å². The van der Waals surface area contributed by atoms with Gasteiger partial charge in [0.15, 0.2) is 5.96 Å². The number of benzene rings is 1. The zero-order chi connectivity index (χ0) is 69.5. The Morgan fingerprint density at radius 3 is 1.54 bits per heavy atom. The lowest BCUT2D eigenvalue weighted by Gasteiger charge is -2.31. The number of amides is 10. The molecule has 0 spiro atoms. The Balaban J connectivity index is 2.47. The fraction of sp³-hybridized carbons (Fsp3) is 0.683. The number of nitrogens with one attached hydrogen (secondary N) is 9. The molecule has 1 aromatic carbocycles. The van der Waals surface area contributed by atoms with Gasteiger partial charge in [-0.05, 0) is 95.1 Å². The highest BCUT2D eigenvalue weighted by Crippen LogP contribution is 2.21. The smallest absolute Gasteiger partial charge is 0.326 e. The van der Waals surface area contributed by atoms with Crippen molar-refractivity contribution in [3.8, 4) is 0 Å². The van der Waals surface area contributed by atoms with E-state index in [0.29, 0.717) is 24.8 Å². The second-order valence-electron chi connectivity index (χ2n) is 23.5. The molecule has 518 valence electrons. The number of aliphatic imine (C=N–C) groups is 1. The zero-order valence-corrected chi connectivity index (χ0v) is 54.0. The summed E-state index contributed by atoms with van der Waals surface area (Å²) in [7, 11) is 0. The number of likely N-dealkylation sites (tertiary alicyclic amines) is 1. The highest BCUT2D eigenvalue weighted by molar-refractivity contribution is 5.99. The summed E-state index contributed by atoms with van der Waals surface area (Å²) in [5.74, 6) is -13.9. The molecule has 0 aliphatic carbocycles. The average molecular weight is 1300 g/mol. The number of nitrogens with two attached hydrogens (primary N) is 4. The molecular formula is C60H101N15O17. The normalized spacial score (nSPS) is 17.8. The zero-order valence-electron chi connectivity index (χ0n) is 54.0. The molecular weight excluding hydrogens is 1200 g/mol. The summed E-state index contributed by atoms with van der Waals surface area (Å²) in [6, 6.07) is -7.68. The van der Waals surface area contributed by atoms with Gasteiger partial charge in [-0.1, -0.05) is 91.1 Å². The number of hydrogen-bond donors (Lipinski definition) is 18. The summed E-state index contributed by atoms with van der Waals surface area (Å²) in [5.41, 5.74) is 22.9. The first kappa shape index (κ1) is 80.0. The number of carboxylic acids is 2. The van der Waals surface area contributed by atoms with Gasteiger partial charge >= 0.3 is 11.9 Å². The van der Waals surface area contributed by atoms with Gasteiger partial charge in [0.2, 0.25) is 59.1 Å². The van der Waals surface area contributed by atoms with Crippen LogP contribution in [0.25, 0.3) is 0 Å². The van der Waals surface area contributed by atoms with Crippen molar-refractivity contribution in [2.24, 2.45) is 45.7 Å². The van der Waals surface area contributed by atoms with Crippen molar-refractivity contribution < 1.29 is 83.1 Å². The van der Waals surface area contributed by atoms with Gasteiger partial charge in [-0.25, -0.2) is 4.79 Å². The lowest BCUT2D eigenvalue weighted by molar-refractivity contribution is -0.144. The second-order valence-corrected chi connectivity index (χ2v) is 23.5. The van der Waals surface area contributed by atoms with Crippen LogP contribution in [0.1, 0.15) is 138 Å². The number of carboxylic acid groups (broad SMARTS) is 2. The molecule has 1 saturated heterocycles. The third-order valence-electron chi connectivity index (χ3n) is 16.2. The molecule has 32 heteroatoms. The number of nitrogens with zero attached hydrogens (tertiary/aromatic N) is 2. The van der Waals surface area contributed by atoms with Crippen LogP contribution in [0.5, 0.6) is 0 Å². The lowest BCUT2D eigenvalue weighted by atomic mass is 9.94. The summed E-state index contributed by atoms with van der Waals surface area (Å²) in [6.07, 6.45) is -2.86. The number of unbranched alkanes of at least 4 members (excludes halogenated alkanes) is 1. The Kier molecular flexibility index (Phi) is 35.4. The number of carbonyl (C=O) groups excluding carboxylic acids is 10. The molecule has 32 nitrogen and oxygen atoms in total. The number of rotatable bonds is 42. The second kappa shape index (κ2) is 40.7. The van der Waals surface area contributed by atoms with Crippen LogP contribution in [0.3, 0.4) is 0 Å². The van der Waals surface area contributed by atoms with E-state index in [-0.39, 0.29) is 77.0 Å². The Labute approximate surface area is 536 Å². The summed E-state index contributed by atoms with van der Waals surface area (Å²) < 4.78 is 0. The molecule has 1 aliphatic rings. The Hall–Kier alpha value is -8.07. The van der Waals surface area contributed by atoms with E-state index in [9.17, 15) is 83.1 Å². The van der Waals surface area contributed by atoms with E-state index in [0.717, 1.165) is 11.8 Å². The monoisotopic (exact) mass is 1300 g/mol. The van der Waals surface area contributed by atoms with E-state index < -0.39 is 187 Å². The quantitative estimate of drug-likeness (QED) is 0.0168. The van der Waals surface area contributed by atoms with Crippen LogP contribution in [0.2, 0.25) is 0 Å². The predicted molar refractivity (Wildman–Crippen MR) is 336 cm³/mol. The van der Waals surface area contributed by atoms with Crippen molar-refractivity contribution in [3.63, 3.8) is 0 Å². The Bertz CT molecular complexity index is 2650. The number of guanidine groups is 1. The van der Waals surface area contributed by atoms with Crippen molar-refractivity contribution in [3.05, 3.63) is 35.9 Å². The molecule has 0 saturated carbocycles. The molecule has 0 bridgehead atoms. The maximum absolute atomic E-state index is 14.5. The number of aliphatic carboxylic acids is 2. The van der Waals surface area contributed by atoms with Gasteiger partial charge in [-0.3, -0.25) is 57.7 Å². The van der Waals surface area contributed by atoms with Crippen molar-refractivity contribution in [1.82, 2.24) is 52.8 Å². The standard InChI is InChI=1S/C60H101N15O17/c1-9-31(4)44(54(86)69-41(29-36-19-13-12-14-20-36)52(84)70-45(32(5)10-2)55(87)72-46(59(91)92)33(6)11-3)71-57(89)48(35(8)78)73-51(83)38(21-15-16-26-61)66-50(82)39(24-25-43(79)80)67-56(88)47(34(7)77)74-53(85)42-23-18-28-75(42)58(90)40(22-17-27-65-60(63)64)68-49(81)37(62)30-76/h12-14,19-20,31-35,37-42,44-48,76-78H,9-11,15-18,21-30,61-62H2,1-8H3,(H,66,82)(H,67,88)(H,68,81)(H,69,86)(H,70,84)(H,71,89)(H,72,87)(H,73,83)(H,74,85)(H,79,80)(H,91,92)(H4,63,64,65). The first-order valence-corrected chi connectivity index (χ1v) is 31.4. The summed E-state index contributed by atoms with van der Waals surface area (Å²) in [4.78, 5) is 169. The van der Waals surface area contributed by atoms with Crippen LogP contribution < -0.4 is 70.8 Å². The molecule has 92 heavy (non-hydrogen) atoms. The minimum Gasteiger partial charge on any atom is -0.481 e. The van der Waals surface area contributed by atoms with Crippen molar-refractivity contribution in [1.29, 1.82) is 0 Å². The first-order valence-electron chi connectivity index (χ1n) is 31.4. The number of hydrogen-bond acceptors (Lipinski definition) is 18. The third kappa shape index (κ3) is 26.3. The minimum absolute atomic E-state index is 0.0199. The molecule has 16 unspecified atom stereocenters. The van der Waals surface area contributed by atoms with Crippen LogP contribution >= 0.6 is 0 Å². The topological polar surface area (TPSA) is 534 Å². The van der Waals surface area contributed by atoms with E-state index >= 15 is 0 Å².